The molecule has 3 N–H and O–H groups in total. The molecule has 108 valence electrons. The van der Waals surface area contributed by atoms with Gasteiger partial charge < -0.3 is 10.9 Å². The number of oxime groups is 1. The fraction of sp³-hybridized carbons (Fsp3) is 0.875. The number of hydrogen-bond acceptors (Lipinski definition) is 6. The number of amidine groups is 1. The Morgan fingerprint density at radius 2 is 1.83 bits per heavy atom. The molecule has 0 aliphatic carbocycles. The van der Waals surface area contributed by atoms with E-state index in [9.17, 15) is 16.8 Å². The van der Waals surface area contributed by atoms with E-state index in [4.69, 9.17) is 10.9 Å². The summed E-state index contributed by atoms with van der Waals surface area (Å²) in [5, 5.41) is 11.1. The van der Waals surface area contributed by atoms with Crippen LogP contribution in [0.3, 0.4) is 0 Å². The van der Waals surface area contributed by atoms with Crippen LogP contribution in [0.5, 0.6) is 0 Å². The molecule has 0 heterocycles. The molecular weight excluding hydrogens is 282 g/mol. The molecule has 0 aromatic carbocycles. The van der Waals surface area contributed by atoms with Gasteiger partial charge in [-0.25, -0.2) is 16.8 Å². The van der Waals surface area contributed by atoms with E-state index in [2.05, 4.69) is 5.16 Å². The van der Waals surface area contributed by atoms with E-state index in [0.29, 0.717) is 6.42 Å². The lowest BCUT2D eigenvalue weighted by molar-refractivity contribution is 0.314. The molecule has 0 fully saturated rings. The first-order valence-corrected chi connectivity index (χ1v) is 8.91. The van der Waals surface area contributed by atoms with Crippen LogP contribution in [0, 0.1) is 0 Å². The standard InChI is InChI=1S/C8H19N3O5S2/c1-3-4-11(7-8(9)10-12)18(15,16)6-5-17(2,13)14/h12H,3-7H2,1-2H3,(H2,9,10). The minimum atomic E-state index is -3.74. The summed E-state index contributed by atoms with van der Waals surface area (Å²) in [4.78, 5) is 0. The summed E-state index contributed by atoms with van der Waals surface area (Å²) in [5.41, 5.74) is 5.26. The summed E-state index contributed by atoms with van der Waals surface area (Å²) in [6.45, 7) is 1.70. The van der Waals surface area contributed by atoms with Gasteiger partial charge in [0.25, 0.3) is 0 Å². The van der Waals surface area contributed by atoms with Gasteiger partial charge in [-0.3, -0.25) is 0 Å². The first-order chi connectivity index (χ1) is 8.12. The Kier molecular flexibility index (Phi) is 6.57. The molecule has 10 heteroatoms. The Balaban J connectivity index is 4.87. The molecule has 0 aromatic heterocycles. The van der Waals surface area contributed by atoms with Crippen LogP contribution >= 0.6 is 0 Å². The number of nitrogens with two attached hydrogens (primary N) is 1. The van der Waals surface area contributed by atoms with Gasteiger partial charge in [0.2, 0.25) is 10.0 Å². The van der Waals surface area contributed by atoms with Crippen molar-refractivity contribution in [3.8, 4) is 0 Å². The molecule has 0 aliphatic rings. The molecule has 18 heavy (non-hydrogen) atoms. The van der Waals surface area contributed by atoms with Crippen molar-refractivity contribution in [3.63, 3.8) is 0 Å². The quantitative estimate of drug-likeness (QED) is 0.251. The number of rotatable bonds is 8. The molecule has 0 aliphatic heterocycles. The largest absolute Gasteiger partial charge is 0.409 e. The monoisotopic (exact) mass is 301 g/mol. The van der Waals surface area contributed by atoms with Crippen LogP contribution in [0.4, 0.5) is 0 Å². The predicted octanol–water partition coefficient (Wildman–Crippen LogP) is -1.18. The van der Waals surface area contributed by atoms with Crippen LogP contribution in [-0.2, 0) is 19.9 Å². The minimum Gasteiger partial charge on any atom is -0.409 e. The maximum atomic E-state index is 11.9. The summed E-state index contributed by atoms with van der Waals surface area (Å²) >= 11 is 0. The van der Waals surface area contributed by atoms with E-state index >= 15 is 0 Å². The normalized spacial score (nSPS) is 14.1. The second-order valence-corrected chi connectivity index (χ2v) is 8.22. The van der Waals surface area contributed by atoms with Crippen molar-refractivity contribution in [2.45, 2.75) is 13.3 Å². The van der Waals surface area contributed by atoms with Gasteiger partial charge in [-0.1, -0.05) is 12.1 Å². The van der Waals surface area contributed by atoms with Crippen molar-refractivity contribution in [1.29, 1.82) is 0 Å². The highest BCUT2D eigenvalue weighted by molar-refractivity contribution is 7.93. The molecule has 0 aromatic rings. The summed E-state index contributed by atoms with van der Waals surface area (Å²) in [5.74, 6) is -1.21. The van der Waals surface area contributed by atoms with Crippen molar-refractivity contribution < 1.29 is 22.0 Å². The fourth-order valence-corrected chi connectivity index (χ4v) is 4.27. The number of sulfonamides is 1. The lowest BCUT2D eigenvalue weighted by Crippen LogP contribution is -2.41. The summed E-state index contributed by atoms with van der Waals surface area (Å²) in [7, 11) is -7.10. The molecule has 0 bridgehead atoms. The topological polar surface area (TPSA) is 130 Å². The van der Waals surface area contributed by atoms with E-state index in [-0.39, 0.29) is 18.9 Å². The minimum absolute atomic E-state index is 0.183. The molecule has 0 saturated carbocycles. The number of hydrogen-bond donors (Lipinski definition) is 2. The zero-order valence-corrected chi connectivity index (χ0v) is 12.0. The third-order valence-electron chi connectivity index (χ3n) is 2.05. The van der Waals surface area contributed by atoms with Gasteiger partial charge in [-0.15, -0.1) is 0 Å². The zero-order valence-electron chi connectivity index (χ0n) is 10.4. The molecule has 0 radical (unpaired) electrons. The molecule has 0 saturated heterocycles. The number of nitrogens with zero attached hydrogens (tertiary/aromatic N) is 2. The Hall–Kier alpha value is -0.870. The van der Waals surface area contributed by atoms with E-state index in [1.54, 1.807) is 6.92 Å². The summed E-state index contributed by atoms with van der Waals surface area (Å²) in [6.07, 6.45) is 1.51. The molecule has 0 spiro atoms. The van der Waals surface area contributed by atoms with Gasteiger partial charge in [0, 0.05) is 12.8 Å². The summed E-state index contributed by atoms with van der Waals surface area (Å²) in [6, 6.07) is 0. The third-order valence-corrected chi connectivity index (χ3v) is 5.07. The van der Waals surface area contributed by atoms with Crippen molar-refractivity contribution in [2.24, 2.45) is 10.9 Å². The molecular formula is C8H19N3O5S2. The highest BCUT2D eigenvalue weighted by atomic mass is 32.2. The van der Waals surface area contributed by atoms with Crippen LogP contribution < -0.4 is 5.73 Å². The van der Waals surface area contributed by atoms with Gasteiger partial charge in [-0.2, -0.15) is 4.31 Å². The van der Waals surface area contributed by atoms with Gasteiger partial charge in [0.05, 0.1) is 18.1 Å². The SMILES string of the molecule is CCCN(CC(N)=NO)S(=O)(=O)CCS(C)(=O)=O. The average Bonchev–Trinajstić information content (AvgIpc) is 2.25. The molecule has 0 atom stereocenters. The second-order valence-electron chi connectivity index (χ2n) is 3.87. The van der Waals surface area contributed by atoms with E-state index in [0.717, 1.165) is 10.6 Å². The molecule has 0 rings (SSSR count). The highest BCUT2D eigenvalue weighted by Crippen LogP contribution is 2.04. The van der Waals surface area contributed by atoms with Crippen molar-refractivity contribution in [1.82, 2.24) is 4.31 Å². The Bertz CT molecular complexity index is 483. The third kappa shape index (κ3) is 6.77. The van der Waals surface area contributed by atoms with Crippen LogP contribution in [0.15, 0.2) is 5.16 Å². The van der Waals surface area contributed by atoms with Crippen molar-refractivity contribution in [2.75, 3.05) is 30.9 Å². The van der Waals surface area contributed by atoms with E-state index in [1.165, 1.54) is 0 Å². The predicted molar refractivity (Wildman–Crippen MR) is 68.8 cm³/mol. The fourth-order valence-electron chi connectivity index (χ4n) is 1.16. The van der Waals surface area contributed by atoms with E-state index < -0.39 is 31.4 Å². The Morgan fingerprint density at radius 1 is 1.28 bits per heavy atom. The van der Waals surface area contributed by atoms with Crippen LogP contribution in [0.2, 0.25) is 0 Å². The van der Waals surface area contributed by atoms with Gasteiger partial charge in [0.1, 0.15) is 9.84 Å². The Labute approximate surface area is 107 Å². The van der Waals surface area contributed by atoms with Crippen LogP contribution in [-0.4, -0.2) is 63.0 Å². The van der Waals surface area contributed by atoms with Crippen molar-refractivity contribution in [3.05, 3.63) is 0 Å². The van der Waals surface area contributed by atoms with Gasteiger partial charge in [-0.05, 0) is 6.42 Å². The first kappa shape index (κ1) is 17.1. The average molecular weight is 301 g/mol. The van der Waals surface area contributed by atoms with Crippen LogP contribution in [0.1, 0.15) is 13.3 Å². The van der Waals surface area contributed by atoms with Gasteiger partial charge in [0.15, 0.2) is 5.84 Å². The smallest absolute Gasteiger partial charge is 0.215 e. The van der Waals surface area contributed by atoms with E-state index in [1.807, 2.05) is 0 Å². The second kappa shape index (κ2) is 6.90. The zero-order chi connectivity index (χ0) is 14.4. The maximum Gasteiger partial charge on any atom is 0.215 e. The Morgan fingerprint density at radius 3 is 2.22 bits per heavy atom. The number of sulfone groups is 1. The van der Waals surface area contributed by atoms with Crippen LogP contribution in [0.25, 0.3) is 0 Å². The molecule has 0 unspecified atom stereocenters. The summed E-state index contributed by atoms with van der Waals surface area (Å²) < 4.78 is 46.7. The molecule has 8 nitrogen and oxygen atoms in total. The maximum absolute atomic E-state index is 11.9. The van der Waals surface area contributed by atoms with Crippen molar-refractivity contribution >= 4 is 25.7 Å². The molecule has 0 amide bonds. The van der Waals surface area contributed by atoms with Gasteiger partial charge >= 0.3 is 0 Å². The highest BCUT2D eigenvalue weighted by Gasteiger charge is 2.23. The first-order valence-electron chi connectivity index (χ1n) is 5.24. The lowest BCUT2D eigenvalue weighted by atomic mass is 10.4. The lowest BCUT2D eigenvalue weighted by Gasteiger charge is -2.20.